The largest absolute Gasteiger partial charge is 0.495 e. The predicted molar refractivity (Wildman–Crippen MR) is 122 cm³/mol. The van der Waals surface area contributed by atoms with Crippen LogP contribution in [-0.2, 0) is 4.79 Å². The van der Waals surface area contributed by atoms with Gasteiger partial charge in [-0.3, -0.25) is 4.79 Å². The van der Waals surface area contributed by atoms with Crippen LogP contribution in [0.3, 0.4) is 0 Å². The lowest BCUT2D eigenvalue weighted by Crippen LogP contribution is -2.49. The number of rotatable bonds is 5. The molecule has 0 spiro atoms. The Bertz CT molecular complexity index is 815. The van der Waals surface area contributed by atoms with Crippen molar-refractivity contribution in [2.75, 3.05) is 44.7 Å². The molecule has 0 aromatic heterocycles. The summed E-state index contributed by atoms with van der Waals surface area (Å²) in [5.41, 5.74) is 6.96. The lowest BCUT2D eigenvalue weighted by Gasteiger charge is -2.35. The molecule has 0 radical (unpaired) electrons. The number of methoxy groups -OCH3 is 1. The zero-order chi connectivity index (χ0) is 22.7. The highest BCUT2D eigenvalue weighted by Crippen LogP contribution is 2.29. The quantitative estimate of drug-likeness (QED) is 0.185. The number of amides is 1. The van der Waals surface area contributed by atoms with Crippen molar-refractivity contribution in [2.24, 2.45) is 10.7 Å². The first-order valence-electron chi connectivity index (χ1n) is 9.45. The topological polar surface area (TPSA) is 94.4 Å². The van der Waals surface area contributed by atoms with Crippen LogP contribution in [0.1, 0.15) is 13.8 Å². The minimum absolute atomic E-state index is 0.0815. The molecule has 0 aliphatic carbocycles. The first kappa shape index (κ1) is 25.0. The van der Waals surface area contributed by atoms with Crippen LogP contribution in [0.4, 0.5) is 5.69 Å². The molecule has 1 aliphatic rings. The monoisotopic (exact) mass is 436 g/mol. The highest BCUT2D eigenvalue weighted by Gasteiger charge is 2.24. The molecule has 0 bridgehead atoms. The Morgan fingerprint density at radius 2 is 2.00 bits per heavy atom. The molecule has 164 valence electrons. The number of allylic oxidation sites excluding steroid dienone is 1. The molecular weight excluding hydrogens is 406 g/mol. The Hall–Kier alpha value is -3.00. The van der Waals surface area contributed by atoms with E-state index >= 15 is 0 Å². The number of halogens is 1. The van der Waals surface area contributed by atoms with E-state index in [-0.39, 0.29) is 18.3 Å². The zero-order valence-corrected chi connectivity index (χ0v) is 18.6. The van der Waals surface area contributed by atoms with E-state index in [1.807, 2.05) is 19.1 Å². The normalized spacial score (nSPS) is 14.5. The van der Waals surface area contributed by atoms with Crippen LogP contribution in [0.2, 0.25) is 5.02 Å². The SMILES string of the molecule is C=CC.C=[N+](O)C(=NCC(=O)N1CCN(c2ccc(Cl)c(OC)c2)CC1)/C(C)=C\N. The smallest absolute Gasteiger partial charge is 0.360 e. The third-order valence-corrected chi connectivity index (χ3v) is 4.66. The molecule has 0 atom stereocenters. The molecule has 1 aromatic carbocycles. The van der Waals surface area contributed by atoms with E-state index in [0.29, 0.717) is 47.3 Å². The summed E-state index contributed by atoms with van der Waals surface area (Å²) in [7, 11) is 1.58. The maximum absolute atomic E-state index is 12.4. The van der Waals surface area contributed by atoms with Gasteiger partial charge in [-0.15, -0.1) is 6.58 Å². The first-order chi connectivity index (χ1) is 14.3. The van der Waals surface area contributed by atoms with Gasteiger partial charge in [-0.05, 0) is 26.0 Å². The highest BCUT2D eigenvalue weighted by atomic mass is 35.5. The van der Waals surface area contributed by atoms with E-state index in [9.17, 15) is 10.0 Å². The summed E-state index contributed by atoms with van der Waals surface area (Å²) in [4.78, 5) is 20.5. The number of hydrogen-bond donors (Lipinski definition) is 2. The van der Waals surface area contributed by atoms with Crippen molar-refractivity contribution < 1.29 is 19.5 Å². The molecule has 1 saturated heterocycles. The third-order valence-electron chi connectivity index (χ3n) is 4.34. The molecule has 0 saturated carbocycles. The van der Waals surface area contributed by atoms with Gasteiger partial charge in [0.25, 0.3) is 5.91 Å². The fraction of sp³-hybridized carbons (Fsp3) is 0.381. The summed E-state index contributed by atoms with van der Waals surface area (Å²) >= 11 is 6.07. The molecule has 1 amide bonds. The standard InChI is InChI=1S/C18H25ClN5O3.C3H6/c1-13(11-20)18(22(2)26)21-12-17(25)24-8-6-23(7-9-24)14-4-5-15(19)16(10-14)27-3;1-3-2/h4-5,10-11,26H,2,6-9,12,20H2,1,3H3;3H,1H2,2H3/q+1;/b13-11-,21-18?;. The fourth-order valence-corrected chi connectivity index (χ4v) is 2.98. The Morgan fingerprint density at radius 1 is 1.40 bits per heavy atom. The van der Waals surface area contributed by atoms with Gasteiger partial charge in [0.15, 0.2) is 0 Å². The summed E-state index contributed by atoms with van der Waals surface area (Å²) in [6.45, 7) is 12.8. The fourth-order valence-electron chi connectivity index (χ4n) is 2.79. The summed E-state index contributed by atoms with van der Waals surface area (Å²) in [6, 6.07) is 5.63. The zero-order valence-electron chi connectivity index (χ0n) is 17.8. The van der Waals surface area contributed by atoms with Crippen LogP contribution >= 0.6 is 11.6 Å². The van der Waals surface area contributed by atoms with Gasteiger partial charge < -0.3 is 25.5 Å². The van der Waals surface area contributed by atoms with E-state index in [1.165, 1.54) is 6.20 Å². The number of nitrogens with two attached hydrogens (primary N) is 1. The minimum Gasteiger partial charge on any atom is -0.495 e. The molecule has 3 N–H and O–H groups in total. The Balaban J connectivity index is 0.00000141. The van der Waals surface area contributed by atoms with E-state index in [1.54, 1.807) is 31.1 Å². The van der Waals surface area contributed by atoms with Gasteiger partial charge in [-0.25, -0.2) is 0 Å². The summed E-state index contributed by atoms with van der Waals surface area (Å²) in [6.07, 6.45) is 3.05. The van der Waals surface area contributed by atoms with E-state index in [4.69, 9.17) is 22.1 Å². The molecule has 30 heavy (non-hydrogen) atoms. The number of benzene rings is 1. The van der Waals surface area contributed by atoms with Crippen LogP contribution in [0, 0.1) is 0 Å². The molecule has 2 rings (SSSR count). The summed E-state index contributed by atoms with van der Waals surface area (Å²) in [5, 5.41) is 10.1. The van der Waals surface area contributed by atoms with Crippen molar-refractivity contribution in [2.45, 2.75) is 13.8 Å². The van der Waals surface area contributed by atoms with E-state index in [0.717, 1.165) is 5.69 Å². The van der Waals surface area contributed by atoms with E-state index < -0.39 is 0 Å². The Kier molecular flexibility index (Phi) is 10.5. The number of ether oxygens (including phenoxy) is 1. The molecule has 1 aliphatic heterocycles. The van der Waals surface area contributed by atoms with Crippen molar-refractivity contribution in [1.82, 2.24) is 4.90 Å². The Labute approximate surface area is 183 Å². The van der Waals surface area contributed by atoms with Gasteiger partial charge >= 0.3 is 5.84 Å². The number of hydroxylamine groups is 1. The van der Waals surface area contributed by atoms with Gasteiger partial charge in [0, 0.05) is 44.1 Å². The maximum Gasteiger partial charge on any atom is 0.360 e. The number of nitrogens with zero attached hydrogens (tertiary/aromatic N) is 4. The minimum atomic E-state index is -0.118. The number of hydrogen-bond acceptors (Lipinski definition) is 6. The van der Waals surface area contributed by atoms with Crippen LogP contribution in [0.25, 0.3) is 0 Å². The van der Waals surface area contributed by atoms with Crippen molar-refractivity contribution in [1.29, 1.82) is 0 Å². The number of amidine groups is 1. The third kappa shape index (κ3) is 7.11. The molecule has 9 heteroatoms. The van der Waals surface area contributed by atoms with Crippen LogP contribution in [0.15, 0.2) is 47.6 Å². The molecule has 0 unspecified atom stereocenters. The molecule has 1 fully saturated rings. The summed E-state index contributed by atoms with van der Waals surface area (Å²) in [5.74, 6) is 0.671. The average molecular weight is 437 g/mol. The van der Waals surface area contributed by atoms with Gasteiger partial charge in [-0.1, -0.05) is 27.4 Å². The predicted octanol–water partition coefficient (Wildman–Crippen LogP) is 2.55. The second-order valence-electron chi connectivity index (χ2n) is 6.48. The molecule has 1 heterocycles. The number of anilines is 1. The van der Waals surface area contributed by atoms with Crippen molar-refractivity contribution in [3.05, 3.63) is 47.6 Å². The van der Waals surface area contributed by atoms with Crippen LogP contribution in [0.5, 0.6) is 5.75 Å². The summed E-state index contributed by atoms with van der Waals surface area (Å²) < 4.78 is 5.87. The highest BCUT2D eigenvalue weighted by molar-refractivity contribution is 6.32. The lowest BCUT2D eigenvalue weighted by atomic mass is 10.2. The van der Waals surface area contributed by atoms with Crippen LogP contribution < -0.4 is 15.4 Å². The number of carbonyl (C=O) groups excluding carboxylic acids is 1. The van der Waals surface area contributed by atoms with Crippen LogP contribution in [-0.4, -0.2) is 73.1 Å². The Morgan fingerprint density at radius 3 is 2.50 bits per heavy atom. The number of aliphatic imine (C=N–C) groups is 1. The molecular formula is C21H31ClN5O3+. The van der Waals surface area contributed by atoms with Crippen molar-refractivity contribution in [3.8, 4) is 5.75 Å². The second-order valence-corrected chi connectivity index (χ2v) is 6.89. The van der Waals surface area contributed by atoms with Crippen molar-refractivity contribution in [3.63, 3.8) is 0 Å². The van der Waals surface area contributed by atoms with Crippen molar-refractivity contribution >= 4 is 35.7 Å². The van der Waals surface area contributed by atoms with Gasteiger partial charge in [-0.2, -0.15) is 0 Å². The second kappa shape index (κ2) is 12.5. The van der Waals surface area contributed by atoms with Gasteiger partial charge in [0.2, 0.25) is 6.54 Å². The lowest BCUT2D eigenvalue weighted by molar-refractivity contribution is -0.682. The number of carbonyl (C=O) groups is 1. The first-order valence-corrected chi connectivity index (χ1v) is 9.82. The van der Waals surface area contributed by atoms with E-state index in [2.05, 4.69) is 23.2 Å². The molecule has 1 aromatic rings. The maximum atomic E-state index is 12.4. The van der Waals surface area contributed by atoms with Gasteiger partial charge in [0.05, 0.1) is 17.7 Å². The number of piperazine rings is 1. The van der Waals surface area contributed by atoms with Gasteiger partial charge in [0.1, 0.15) is 12.5 Å². The average Bonchev–Trinajstić information content (AvgIpc) is 2.74. The molecule has 8 nitrogen and oxygen atoms in total.